The Morgan fingerprint density at radius 1 is 1.12 bits per heavy atom. The van der Waals surface area contributed by atoms with Crippen molar-refractivity contribution in [1.29, 1.82) is 0 Å². The number of ether oxygens (including phenoxy) is 1. The second kappa shape index (κ2) is 6.58. The molecule has 0 aromatic carbocycles. The topological polar surface area (TPSA) is 24.5 Å². The molecule has 1 N–H and O–H groups in total. The van der Waals surface area contributed by atoms with E-state index in [1.165, 1.54) is 64.7 Å². The molecular formula is C13H26N2O. The molecule has 1 saturated heterocycles. The van der Waals surface area contributed by atoms with Gasteiger partial charge in [0.2, 0.25) is 0 Å². The summed E-state index contributed by atoms with van der Waals surface area (Å²) in [5.74, 6) is 0. The van der Waals surface area contributed by atoms with E-state index >= 15 is 0 Å². The SMILES string of the molecule is COC1CCN(CCNC2CCCC2)CC1. The lowest BCUT2D eigenvalue weighted by molar-refractivity contribution is 0.0413. The molecule has 1 heterocycles. The lowest BCUT2D eigenvalue weighted by Crippen LogP contribution is -2.41. The van der Waals surface area contributed by atoms with Gasteiger partial charge in [0.1, 0.15) is 0 Å². The molecule has 0 amide bonds. The number of hydrogen-bond donors (Lipinski definition) is 1. The molecule has 2 fully saturated rings. The molecule has 0 radical (unpaired) electrons. The molecule has 2 rings (SSSR count). The number of methoxy groups -OCH3 is 1. The molecule has 94 valence electrons. The Kier molecular flexibility index (Phi) is 5.07. The predicted octanol–water partition coefficient (Wildman–Crippen LogP) is 1.63. The average Bonchev–Trinajstić information content (AvgIpc) is 2.83. The van der Waals surface area contributed by atoms with Crippen LogP contribution in [0.25, 0.3) is 0 Å². The van der Waals surface area contributed by atoms with Gasteiger partial charge in [-0.1, -0.05) is 12.8 Å². The minimum atomic E-state index is 0.513. The first-order chi connectivity index (χ1) is 7.88. The molecule has 0 bridgehead atoms. The highest BCUT2D eigenvalue weighted by atomic mass is 16.5. The van der Waals surface area contributed by atoms with Crippen LogP contribution in [0.2, 0.25) is 0 Å². The summed E-state index contributed by atoms with van der Waals surface area (Å²) in [6, 6.07) is 0.816. The molecule has 3 heteroatoms. The van der Waals surface area contributed by atoms with Crippen molar-refractivity contribution >= 4 is 0 Å². The summed E-state index contributed by atoms with van der Waals surface area (Å²) >= 11 is 0. The molecule has 1 saturated carbocycles. The highest BCUT2D eigenvalue weighted by Gasteiger charge is 2.19. The number of hydrogen-bond acceptors (Lipinski definition) is 3. The van der Waals surface area contributed by atoms with Crippen LogP contribution in [0.15, 0.2) is 0 Å². The van der Waals surface area contributed by atoms with Crippen molar-refractivity contribution in [1.82, 2.24) is 10.2 Å². The van der Waals surface area contributed by atoms with Crippen LogP contribution in [0.4, 0.5) is 0 Å². The van der Waals surface area contributed by atoms with Gasteiger partial charge >= 0.3 is 0 Å². The van der Waals surface area contributed by atoms with E-state index < -0.39 is 0 Å². The predicted molar refractivity (Wildman–Crippen MR) is 66.7 cm³/mol. The van der Waals surface area contributed by atoms with Crippen LogP contribution < -0.4 is 5.32 Å². The third-order valence-corrected chi connectivity index (χ3v) is 4.08. The summed E-state index contributed by atoms with van der Waals surface area (Å²) in [5.41, 5.74) is 0. The molecule has 0 spiro atoms. The number of nitrogens with one attached hydrogen (secondary N) is 1. The lowest BCUT2D eigenvalue weighted by atomic mass is 10.1. The molecule has 2 aliphatic rings. The Morgan fingerprint density at radius 2 is 1.81 bits per heavy atom. The van der Waals surface area contributed by atoms with E-state index in [4.69, 9.17) is 4.74 Å². The summed E-state index contributed by atoms with van der Waals surface area (Å²) < 4.78 is 5.38. The van der Waals surface area contributed by atoms with E-state index in [0.29, 0.717) is 6.10 Å². The van der Waals surface area contributed by atoms with Crippen molar-refractivity contribution in [3.8, 4) is 0 Å². The Balaban J connectivity index is 1.53. The third kappa shape index (κ3) is 3.72. The Bertz CT molecular complexity index is 184. The maximum absolute atomic E-state index is 5.38. The zero-order chi connectivity index (χ0) is 11.2. The van der Waals surface area contributed by atoms with Gasteiger partial charge in [-0.05, 0) is 25.7 Å². The van der Waals surface area contributed by atoms with Crippen LogP contribution in [-0.4, -0.2) is 50.3 Å². The second-order valence-electron chi connectivity index (χ2n) is 5.21. The van der Waals surface area contributed by atoms with E-state index in [1.807, 2.05) is 7.11 Å². The quantitative estimate of drug-likeness (QED) is 0.771. The van der Waals surface area contributed by atoms with Crippen molar-refractivity contribution in [3.05, 3.63) is 0 Å². The first-order valence-corrected chi connectivity index (χ1v) is 6.87. The van der Waals surface area contributed by atoms with Crippen molar-refractivity contribution in [3.63, 3.8) is 0 Å². The fourth-order valence-corrected chi connectivity index (χ4v) is 2.93. The summed E-state index contributed by atoms with van der Waals surface area (Å²) in [6.45, 7) is 4.81. The van der Waals surface area contributed by atoms with Crippen LogP contribution >= 0.6 is 0 Å². The van der Waals surface area contributed by atoms with Crippen LogP contribution in [0, 0.1) is 0 Å². The molecule has 16 heavy (non-hydrogen) atoms. The van der Waals surface area contributed by atoms with Gasteiger partial charge in [-0.2, -0.15) is 0 Å². The van der Waals surface area contributed by atoms with Crippen molar-refractivity contribution in [2.45, 2.75) is 50.7 Å². The fourth-order valence-electron chi connectivity index (χ4n) is 2.93. The first-order valence-electron chi connectivity index (χ1n) is 6.87. The molecule has 1 aliphatic carbocycles. The Hall–Kier alpha value is -0.120. The zero-order valence-electron chi connectivity index (χ0n) is 10.6. The average molecular weight is 226 g/mol. The number of piperidine rings is 1. The summed E-state index contributed by atoms with van der Waals surface area (Å²) in [4.78, 5) is 2.57. The van der Waals surface area contributed by atoms with Gasteiger partial charge in [-0.3, -0.25) is 0 Å². The van der Waals surface area contributed by atoms with E-state index in [-0.39, 0.29) is 0 Å². The number of likely N-dealkylation sites (tertiary alicyclic amines) is 1. The van der Waals surface area contributed by atoms with Gasteiger partial charge in [0, 0.05) is 39.3 Å². The largest absolute Gasteiger partial charge is 0.381 e. The highest BCUT2D eigenvalue weighted by molar-refractivity contribution is 4.76. The van der Waals surface area contributed by atoms with Gasteiger partial charge in [0.05, 0.1) is 6.10 Å². The smallest absolute Gasteiger partial charge is 0.0595 e. The van der Waals surface area contributed by atoms with Crippen LogP contribution in [0.1, 0.15) is 38.5 Å². The normalized spacial score (nSPS) is 25.3. The minimum absolute atomic E-state index is 0.513. The molecule has 1 aliphatic heterocycles. The second-order valence-corrected chi connectivity index (χ2v) is 5.21. The van der Waals surface area contributed by atoms with Crippen molar-refractivity contribution in [2.24, 2.45) is 0 Å². The van der Waals surface area contributed by atoms with E-state index in [1.54, 1.807) is 0 Å². The van der Waals surface area contributed by atoms with Crippen molar-refractivity contribution < 1.29 is 4.74 Å². The number of nitrogens with zero attached hydrogens (tertiary/aromatic N) is 1. The first kappa shape index (κ1) is 12.3. The van der Waals surface area contributed by atoms with Crippen LogP contribution in [-0.2, 0) is 4.74 Å². The summed E-state index contributed by atoms with van der Waals surface area (Å²) in [5, 5.41) is 3.68. The monoisotopic (exact) mass is 226 g/mol. The standard InChI is InChI=1S/C13H26N2O/c1-16-13-6-9-15(10-7-13)11-8-14-12-4-2-3-5-12/h12-14H,2-11H2,1H3. The lowest BCUT2D eigenvalue weighted by Gasteiger charge is -2.31. The van der Waals surface area contributed by atoms with Gasteiger partial charge in [0.15, 0.2) is 0 Å². The van der Waals surface area contributed by atoms with Crippen molar-refractivity contribution in [2.75, 3.05) is 33.3 Å². The van der Waals surface area contributed by atoms with Crippen LogP contribution in [0.3, 0.4) is 0 Å². The molecule has 3 nitrogen and oxygen atoms in total. The Morgan fingerprint density at radius 3 is 2.44 bits per heavy atom. The summed E-state index contributed by atoms with van der Waals surface area (Å²) in [7, 11) is 1.84. The van der Waals surface area contributed by atoms with E-state index in [2.05, 4.69) is 10.2 Å². The molecule has 0 atom stereocenters. The van der Waals surface area contributed by atoms with E-state index in [0.717, 1.165) is 6.04 Å². The molecule has 0 unspecified atom stereocenters. The van der Waals surface area contributed by atoms with Gasteiger partial charge in [-0.25, -0.2) is 0 Å². The minimum Gasteiger partial charge on any atom is -0.381 e. The molecule has 0 aromatic heterocycles. The number of rotatable bonds is 5. The molecule has 0 aromatic rings. The molecular weight excluding hydrogens is 200 g/mol. The summed E-state index contributed by atoms with van der Waals surface area (Å²) in [6.07, 6.45) is 8.57. The van der Waals surface area contributed by atoms with Gasteiger partial charge in [0.25, 0.3) is 0 Å². The maximum Gasteiger partial charge on any atom is 0.0595 e. The van der Waals surface area contributed by atoms with E-state index in [9.17, 15) is 0 Å². The zero-order valence-corrected chi connectivity index (χ0v) is 10.6. The fraction of sp³-hybridized carbons (Fsp3) is 1.00. The van der Waals surface area contributed by atoms with Gasteiger partial charge < -0.3 is 15.0 Å². The van der Waals surface area contributed by atoms with Crippen LogP contribution in [0.5, 0.6) is 0 Å². The van der Waals surface area contributed by atoms with Gasteiger partial charge in [-0.15, -0.1) is 0 Å². The maximum atomic E-state index is 5.38. The third-order valence-electron chi connectivity index (χ3n) is 4.08. The Labute approximate surface area is 99.5 Å². The highest BCUT2D eigenvalue weighted by Crippen LogP contribution is 2.17.